The zero-order valence-electron chi connectivity index (χ0n) is 13.0. The first-order valence-corrected chi connectivity index (χ1v) is 7.42. The highest BCUT2D eigenvalue weighted by Gasteiger charge is 2.05. The second-order valence-corrected chi connectivity index (χ2v) is 4.88. The first kappa shape index (κ1) is 16.1. The minimum atomic E-state index is -1.13. The number of allylic oxidation sites excluding steroid dienone is 1. The smallest absolute Gasteiger partial charge is 0.353 e. The molecule has 0 saturated carbocycles. The van der Waals surface area contributed by atoms with Crippen LogP contribution >= 0.6 is 0 Å². The molecule has 0 atom stereocenters. The lowest BCUT2D eigenvalue weighted by atomic mass is 10.1. The van der Waals surface area contributed by atoms with E-state index < -0.39 is 11.3 Å². The largest absolute Gasteiger partial charge is 0.449 e. The van der Waals surface area contributed by atoms with Crippen LogP contribution in [0.25, 0.3) is 5.57 Å². The second-order valence-electron chi connectivity index (χ2n) is 4.88. The first-order chi connectivity index (χ1) is 12.2. The van der Waals surface area contributed by atoms with Crippen LogP contribution < -0.4 is 16.1 Å². The number of rotatable bonds is 4. The molecule has 1 heterocycles. The molecule has 25 heavy (non-hydrogen) atoms. The van der Waals surface area contributed by atoms with Gasteiger partial charge in [0.2, 0.25) is 0 Å². The fourth-order valence-corrected chi connectivity index (χ4v) is 1.98. The summed E-state index contributed by atoms with van der Waals surface area (Å²) in [5, 5.41) is 0.383. The Balaban J connectivity index is 1.82. The number of benzene rings is 2. The van der Waals surface area contributed by atoms with Gasteiger partial charge in [-0.25, -0.2) is 9.59 Å². The molecule has 0 amide bonds. The van der Waals surface area contributed by atoms with Gasteiger partial charge < -0.3 is 4.84 Å². The highest BCUT2D eigenvalue weighted by Crippen LogP contribution is 2.13. The van der Waals surface area contributed by atoms with Crippen LogP contribution in [0.15, 0.2) is 85.4 Å². The van der Waals surface area contributed by atoms with Crippen molar-refractivity contribution in [1.82, 2.24) is 5.08 Å². The molecule has 124 valence electrons. The summed E-state index contributed by atoms with van der Waals surface area (Å²) in [5.74, 6) is 6.17. The quantitative estimate of drug-likeness (QED) is 0.538. The third kappa shape index (κ3) is 4.39. The van der Waals surface area contributed by atoms with Crippen molar-refractivity contribution in [1.29, 1.82) is 0 Å². The van der Waals surface area contributed by atoms with Gasteiger partial charge in [0.1, 0.15) is 11.7 Å². The molecule has 0 saturated heterocycles. The minimum absolute atomic E-state index is 0.00570. The standard InChI is InChI=1S/C19H13NO5/c21-18-19(22)25-20(24-18)23-14-13-17(16-9-5-2-6-10-16)12-11-15-7-3-1-4-8-15/h1-10,13H,14H2. The van der Waals surface area contributed by atoms with Gasteiger partial charge in [-0.1, -0.05) is 60.4 Å². The van der Waals surface area contributed by atoms with E-state index in [4.69, 9.17) is 4.84 Å². The molecule has 6 heteroatoms. The second kappa shape index (κ2) is 7.70. The van der Waals surface area contributed by atoms with Crippen LogP contribution in [-0.2, 0) is 0 Å². The molecule has 6 nitrogen and oxygen atoms in total. The van der Waals surface area contributed by atoms with Gasteiger partial charge in [-0.2, -0.15) is 0 Å². The van der Waals surface area contributed by atoms with Gasteiger partial charge in [0.25, 0.3) is 0 Å². The number of hydrogen-bond donors (Lipinski definition) is 0. The van der Waals surface area contributed by atoms with Crippen molar-refractivity contribution in [2.24, 2.45) is 0 Å². The van der Waals surface area contributed by atoms with Crippen molar-refractivity contribution < 1.29 is 13.9 Å². The fourth-order valence-electron chi connectivity index (χ4n) is 1.98. The van der Waals surface area contributed by atoms with Gasteiger partial charge in [0.05, 0.1) is 0 Å². The molecule has 0 N–H and O–H groups in total. The van der Waals surface area contributed by atoms with Crippen LogP contribution in [0.5, 0.6) is 0 Å². The van der Waals surface area contributed by atoms with E-state index in [0.29, 0.717) is 5.08 Å². The van der Waals surface area contributed by atoms with E-state index in [0.717, 1.165) is 16.7 Å². The van der Waals surface area contributed by atoms with Crippen molar-refractivity contribution >= 4 is 5.57 Å². The summed E-state index contributed by atoms with van der Waals surface area (Å²) in [7, 11) is 0. The molecule has 0 aliphatic carbocycles. The van der Waals surface area contributed by atoms with Crippen LogP contribution in [-0.4, -0.2) is 11.7 Å². The monoisotopic (exact) mass is 335 g/mol. The summed E-state index contributed by atoms with van der Waals surface area (Å²) in [5.41, 5.74) is 0.256. The molecule has 3 aromatic rings. The third-order valence-electron chi connectivity index (χ3n) is 3.15. The average molecular weight is 335 g/mol. The van der Waals surface area contributed by atoms with Crippen LogP contribution in [0, 0.1) is 11.8 Å². The van der Waals surface area contributed by atoms with Crippen LogP contribution in [0.1, 0.15) is 11.1 Å². The molecule has 0 spiro atoms. The Morgan fingerprint density at radius 3 is 2.20 bits per heavy atom. The predicted octanol–water partition coefficient (Wildman–Crippen LogP) is 1.96. The molecule has 3 rings (SSSR count). The summed E-state index contributed by atoms with van der Waals surface area (Å²) in [4.78, 5) is 26.9. The number of hydrogen-bond acceptors (Lipinski definition) is 5. The van der Waals surface area contributed by atoms with Crippen molar-refractivity contribution in [2.45, 2.75) is 0 Å². The molecule has 0 aliphatic rings. The fraction of sp³-hybridized carbons (Fsp3) is 0.0526. The zero-order valence-corrected chi connectivity index (χ0v) is 13.0. The minimum Gasteiger partial charge on any atom is -0.353 e. The van der Waals surface area contributed by atoms with Crippen molar-refractivity contribution in [3.63, 3.8) is 0 Å². The molecule has 2 aromatic carbocycles. The Hall–Kier alpha value is -3.72. The highest BCUT2D eigenvalue weighted by molar-refractivity contribution is 5.79. The summed E-state index contributed by atoms with van der Waals surface area (Å²) in [6.45, 7) is -0.00570. The lowest BCUT2D eigenvalue weighted by Crippen LogP contribution is -2.14. The van der Waals surface area contributed by atoms with Crippen molar-refractivity contribution in [3.05, 3.63) is 98.7 Å². The molecule has 0 radical (unpaired) electrons. The lowest BCUT2D eigenvalue weighted by Gasteiger charge is -2.01. The van der Waals surface area contributed by atoms with Gasteiger partial charge in [0.15, 0.2) is 0 Å². The molecule has 0 bridgehead atoms. The van der Waals surface area contributed by atoms with Gasteiger partial charge in [-0.15, -0.1) is 0 Å². The van der Waals surface area contributed by atoms with Gasteiger partial charge >= 0.3 is 11.3 Å². The molecule has 1 aromatic heterocycles. The maximum atomic E-state index is 10.9. The van der Waals surface area contributed by atoms with E-state index in [1.54, 1.807) is 6.08 Å². The summed E-state index contributed by atoms with van der Waals surface area (Å²) in [6.07, 6.45) is 1.70. The van der Waals surface area contributed by atoms with Gasteiger partial charge in [0, 0.05) is 11.1 Å². The average Bonchev–Trinajstić information content (AvgIpc) is 2.97. The predicted molar refractivity (Wildman–Crippen MR) is 90.7 cm³/mol. The lowest BCUT2D eigenvalue weighted by molar-refractivity contribution is -0.137. The maximum Gasteiger partial charge on any atom is 0.449 e. The molecular formula is C19H13NO5. The van der Waals surface area contributed by atoms with E-state index in [9.17, 15) is 9.59 Å². The SMILES string of the molecule is O=c1on(OCC=C(C#Cc2ccccc2)c2ccccc2)oc1=O. The van der Waals surface area contributed by atoms with E-state index in [-0.39, 0.29) is 6.61 Å². The normalized spacial score (nSPS) is 10.8. The Labute approximate surface area is 142 Å². The summed E-state index contributed by atoms with van der Waals surface area (Å²) in [6, 6.07) is 19.1. The molecule has 0 fully saturated rings. The number of nitrogens with zero attached hydrogens (tertiary/aromatic N) is 1. The molecule has 0 unspecified atom stereocenters. The zero-order chi connectivity index (χ0) is 17.5. The van der Waals surface area contributed by atoms with E-state index in [1.807, 2.05) is 60.7 Å². The van der Waals surface area contributed by atoms with E-state index in [2.05, 4.69) is 20.9 Å². The Kier molecular flexibility index (Phi) is 4.98. The van der Waals surface area contributed by atoms with Crippen molar-refractivity contribution in [2.75, 3.05) is 6.61 Å². The summed E-state index contributed by atoms with van der Waals surface area (Å²) >= 11 is 0. The van der Waals surface area contributed by atoms with Crippen molar-refractivity contribution in [3.8, 4) is 11.8 Å². The van der Waals surface area contributed by atoms with Gasteiger partial charge in [-0.3, -0.25) is 9.05 Å². The highest BCUT2D eigenvalue weighted by atomic mass is 17.0. The summed E-state index contributed by atoms with van der Waals surface area (Å²) < 4.78 is 8.85. The van der Waals surface area contributed by atoms with E-state index >= 15 is 0 Å². The Morgan fingerprint density at radius 1 is 0.960 bits per heavy atom. The first-order valence-electron chi connectivity index (χ1n) is 7.42. The Morgan fingerprint density at radius 2 is 1.56 bits per heavy atom. The third-order valence-corrected chi connectivity index (χ3v) is 3.15. The van der Waals surface area contributed by atoms with Crippen LogP contribution in [0.4, 0.5) is 0 Å². The van der Waals surface area contributed by atoms with Crippen LogP contribution in [0.2, 0.25) is 0 Å². The van der Waals surface area contributed by atoms with E-state index in [1.165, 1.54) is 0 Å². The topological polar surface area (TPSA) is 74.6 Å². The number of aromatic nitrogens is 1. The molecule has 0 aliphatic heterocycles. The van der Waals surface area contributed by atoms with Gasteiger partial charge in [-0.05, 0) is 23.8 Å². The molecular weight excluding hydrogens is 322 g/mol. The van der Waals surface area contributed by atoms with Crippen LogP contribution in [0.3, 0.4) is 0 Å². The maximum absolute atomic E-state index is 10.9. The Bertz CT molecular complexity index is 1000.